The molecule has 6 nitrogen and oxygen atoms in total. The van der Waals surface area contributed by atoms with Crippen molar-refractivity contribution in [2.75, 3.05) is 18.0 Å². The maximum absolute atomic E-state index is 12.8. The highest BCUT2D eigenvalue weighted by molar-refractivity contribution is 7.86. The topological polar surface area (TPSA) is 71.5 Å². The van der Waals surface area contributed by atoms with E-state index in [2.05, 4.69) is 10.3 Å². The number of anilines is 1. The first-order chi connectivity index (χ1) is 11.9. The third-order valence-corrected chi connectivity index (χ3v) is 6.33. The Balaban J connectivity index is 1.67. The highest BCUT2D eigenvalue weighted by Crippen LogP contribution is 2.41. The van der Waals surface area contributed by atoms with Crippen molar-refractivity contribution in [2.45, 2.75) is 30.0 Å². The number of halogens is 1. The Bertz CT molecular complexity index is 886. The van der Waals surface area contributed by atoms with Crippen molar-refractivity contribution in [3.63, 3.8) is 0 Å². The average molecular weight is 380 g/mol. The van der Waals surface area contributed by atoms with E-state index in [1.807, 2.05) is 17.9 Å². The van der Waals surface area contributed by atoms with Gasteiger partial charge in [-0.05, 0) is 31.2 Å². The van der Waals surface area contributed by atoms with Gasteiger partial charge in [-0.15, -0.1) is 0 Å². The van der Waals surface area contributed by atoms with Crippen molar-refractivity contribution in [1.29, 1.82) is 0 Å². The van der Waals surface area contributed by atoms with Gasteiger partial charge in [-0.1, -0.05) is 29.3 Å². The van der Waals surface area contributed by atoms with Gasteiger partial charge in [-0.2, -0.15) is 8.42 Å². The molecule has 2 saturated heterocycles. The monoisotopic (exact) mass is 379 g/mol. The van der Waals surface area contributed by atoms with Crippen LogP contribution < -0.4 is 10.2 Å². The third kappa shape index (κ3) is 3.01. The van der Waals surface area contributed by atoms with Gasteiger partial charge in [0.2, 0.25) is 0 Å². The van der Waals surface area contributed by atoms with E-state index < -0.39 is 15.8 Å². The fraction of sp³-hybridized carbons (Fsp3) is 0.353. The largest absolute Gasteiger partial charge is 0.339 e. The molecule has 4 rings (SSSR count). The van der Waals surface area contributed by atoms with Crippen LogP contribution in [-0.4, -0.2) is 38.3 Å². The Morgan fingerprint density at radius 2 is 2.04 bits per heavy atom. The minimum absolute atomic E-state index is 0.164. The fourth-order valence-corrected chi connectivity index (χ4v) is 4.79. The van der Waals surface area contributed by atoms with E-state index in [-0.39, 0.29) is 10.9 Å². The number of nitrogens with one attached hydrogen (secondary N) is 1. The lowest BCUT2D eigenvalue weighted by Gasteiger charge is -2.39. The molecule has 2 aromatic rings. The minimum atomic E-state index is -3.88. The van der Waals surface area contributed by atoms with E-state index in [1.54, 1.807) is 36.5 Å². The number of benzene rings is 1. The van der Waals surface area contributed by atoms with Crippen molar-refractivity contribution in [1.82, 2.24) is 10.3 Å². The van der Waals surface area contributed by atoms with E-state index >= 15 is 0 Å². The molecular weight excluding hydrogens is 362 g/mol. The number of rotatable bonds is 4. The second-order valence-electron chi connectivity index (χ2n) is 6.53. The molecule has 1 N–H and O–H groups in total. The SMILES string of the molecule is Cc1ccc(S(=O)(=O)O[C@@]23CN[C@H](CN2c2ccc(Cl)nc2)C3)cc1. The maximum Gasteiger partial charge on any atom is 0.299 e. The lowest BCUT2D eigenvalue weighted by atomic mass is 10.2. The fourth-order valence-electron chi connectivity index (χ4n) is 3.49. The molecule has 25 heavy (non-hydrogen) atoms. The summed E-state index contributed by atoms with van der Waals surface area (Å²) in [6, 6.07) is 10.4. The molecule has 1 aromatic heterocycles. The van der Waals surface area contributed by atoms with E-state index in [0.29, 0.717) is 24.7 Å². The summed E-state index contributed by atoms with van der Waals surface area (Å²) >= 11 is 5.86. The first-order valence-electron chi connectivity index (χ1n) is 8.03. The Labute approximate surface area is 151 Å². The zero-order valence-corrected chi connectivity index (χ0v) is 15.2. The van der Waals surface area contributed by atoms with Gasteiger partial charge >= 0.3 is 0 Å². The molecule has 8 heteroatoms. The Morgan fingerprint density at radius 3 is 2.68 bits per heavy atom. The second kappa shape index (κ2) is 5.95. The predicted molar refractivity (Wildman–Crippen MR) is 95.2 cm³/mol. The summed E-state index contributed by atoms with van der Waals surface area (Å²) in [6.07, 6.45) is 2.24. The van der Waals surface area contributed by atoms with Crippen molar-refractivity contribution in [2.24, 2.45) is 0 Å². The van der Waals surface area contributed by atoms with E-state index in [4.69, 9.17) is 15.8 Å². The summed E-state index contributed by atoms with van der Waals surface area (Å²) < 4.78 is 31.4. The highest BCUT2D eigenvalue weighted by atomic mass is 35.5. The molecule has 0 radical (unpaired) electrons. The Hall–Kier alpha value is -1.67. The lowest BCUT2D eigenvalue weighted by molar-refractivity contribution is 0.105. The third-order valence-electron chi connectivity index (χ3n) is 4.73. The molecule has 0 saturated carbocycles. The molecule has 2 fully saturated rings. The zero-order chi connectivity index (χ0) is 17.7. The molecule has 0 aliphatic carbocycles. The average Bonchev–Trinajstić information content (AvgIpc) is 3.13. The summed E-state index contributed by atoms with van der Waals surface area (Å²) in [5.74, 6) is 0. The number of aryl methyl sites for hydroxylation is 1. The molecule has 132 valence electrons. The van der Waals surface area contributed by atoms with Gasteiger partial charge in [-0.25, -0.2) is 9.17 Å². The normalized spacial score (nSPS) is 25.5. The zero-order valence-electron chi connectivity index (χ0n) is 13.6. The first-order valence-corrected chi connectivity index (χ1v) is 9.82. The summed E-state index contributed by atoms with van der Waals surface area (Å²) in [5.41, 5.74) is 0.853. The number of hydrogen-bond donors (Lipinski definition) is 1. The van der Waals surface area contributed by atoms with Crippen LogP contribution in [0.15, 0.2) is 47.5 Å². The number of nitrogens with zero attached hydrogens (tertiary/aromatic N) is 2. The van der Waals surface area contributed by atoms with E-state index in [9.17, 15) is 8.42 Å². The van der Waals surface area contributed by atoms with Crippen LogP contribution >= 0.6 is 11.6 Å². The molecule has 0 spiro atoms. The number of piperazine rings is 1. The van der Waals surface area contributed by atoms with Crippen LogP contribution in [0, 0.1) is 6.92 Å². The lowest BCUT2D eigenvalue weighted by Crippen LogP contribution is -2.55. The van der Waals surface area contributed by atoms with Crippen molar-refractivity contribution < 1.29 is 12.6 Å². The summed E-state index contributed by atoms with van der Waals surface area (Å²) in [5, 5.41) is 3.71. The van der Waals surface area contributed by atoms with Gasteiger partial charge in [0, 0.05) is 25.6 Å². The van der Waals surface area contributed by atoms with Crippen LogP contribution in [0.2, 0.25) is 5.15 Å². The molecule has 2 aliphatic rings. The Kier molecular flexibility index (Phi) is 3.99. The summed E-state index contributed by atoms with van der Waals surface area (Å²) in [4.78, 5) is 6.23. The van der Waals surface area contributed by atoms with E-state index in [1.165, 1.54) is 0 Å². The van der Waals surface area contributed by atoms with Crippen molar-refractivity contribution >= 4 is 27.4 Å². The van der Waals surface area contributed by atoms with Crippen LogP contribution in [0.1, 0.15) is 12.0 Å². The van der Waals surface area contributed by atoms with Gasteiger partial charge in [0.25, 0.3) is 10.1 Å². The number of hydrogen-bond acceptors (Lipinski definition) is 6. The van der Waals surface area contributed by atoms with Gasteiger partial charge in [0.1, 0.15) is 5.15 Å². The number of pyridine rings is 1. The standard InChI is InChI=1S/C17H18ClN3O3S/c1-12-2-5-15(6-3-12)25(22,23)24-17-8-13(20-11-17)10-21(17)14-4-7-16(18)19-9-14/h2-7,9,13,20H,8,10-11H2,1H3/t13-,17-/m0/s1. The van der Waals surface area contributed by atoms with Crippen LogP contribution in [0.5, 0.6) is 0 Å². The van der Waals surface area contributed by atoms with Crippen LogP contribution in [0.25, 0.3) is 0 Å². The molecular formula is C17H18ClN3O3S. The van der Waals surface area contributed by atoms with Crippen molar-refractivity contribution in [3.8, 4) is 0 Å². The number of fused-ring (bicyclic) bond motifs is 2. The smallest absolute Gasteiger partial charge is 0.299 e. The predicted octanol–water partition coefficient (Wildman–Crippen LogP) is 2.33. The first kappa shape index (κ1) is 16.8. The molecule has 1 aromatic carbocycles. The molecule has 3 heterocycles. The van der Waals surface area contributed by atoms with Crippen LogP contribution in [0.3, 0.4) is 0 Å². The molecule has 2 atom stereocenters. The summed E-state index contributed by atoms with van der Waals surface area (Å²) in [6.45, 7) is 3.01. The maximum atomic E-state index is 12.8. The van der Waals surface area contributed by atoms with E-state index in [0.717, 1.165) is 11.3 Å². The van der Waals surface area contributed by atoms with Crippen LogP contribution in [0.4, 0.5) is 5.69 Å². The molecule has 0 unspecified atom stereocenters. The molecule has 0 amide bonds. The quantitative estimate of drug-likeness (QED) is 0.649. The summed E-state index contributed by atoms with van der Waals surface area (Å²) in [7, 11) is -3.88. The highest BCUT2D eigenvalue weighted by Gasteiger charge is 2.54. The van der Waals surface area contributed by atoms with Gasteiger partial charge in [0.05, 0.1) is 16.8 Å². The molecule has 2 aliphatic heterocycles. The minimum Gasteiger partial charge on any atom is -0.339 e. The van der Waals surface area contributed by atoms with Gasteiger partial charge in [-0.3, -0.25) is 0 Å². The van der Waals surface area contributed by atoms with Crippen LogP contribution in [-0.2, 0) is 14.3 Å². The number of aromatic nitrogens is 1. The van der Waals surface area contributed by atoms with Crippen molar-refractivity contribution in [3.05, 3.63) is 53.3 Å². The van der Waals surface area contributed by atoms with Gasteiger partial charge < -0.3 is 10.2 Å². The molecule has 2 bridgehead atoms. The second-order valence-corrected chi connectivity index (χ2v) is 8.46. The Morgan fingerprint density at radius 1 is 1.28 bits per heavy atom. The van der Waals surface area contributed by atoms with Gasteiger partial charge in [0.15, 0.2) is 5.72 Å².